The van der Waals surface area contributed by atoms with Crippen molar-refractivity contribution in [3.8, 4) is 32.6 Å². The van der Waals surface area contributed by atoms with Crippen molar-refractivity contribution in [3.63, 3.8) is 0 Å². The Bertz CT molecular complexity index is 1620. The molecule has 0 fully saturated rings. The van der Waals surface area contributed by atoms with Crippen LogP contribution in [0.1, 0.15) is 0 Å². The quantitative estimate of drug-likeness (QED) is 0.261. The molecule has 2 aromatic heterocycles. The molecule has 2 aliphatic rings. The zero-order chi connectivity index (χ0) is 21.6. The number of nitrogens with zero attached hydrogens (tertiary/aromatic N) is 2. The molecule has 0 N–H and O–H groups in total. The Labute approximate surface area is 197 Å². The van der Waals surface area contributed by atoms with Gasteiger partial charge in [-0.25, -0.2) is 0 Å². The van der Waals surface area contributed by atoms with Crippen molar-refractivity contribution in [1.82, 2.24) is 0 Å². The van der Waals surface area contributed by atoms with Gasteiger partial charge in [0.2, 0.25) is 11.0 Å². The molecule has 4 heterocycles. The van der Waals surface area contributed by atoms with Crippen LogP contribution < -0.4 is 18.6 Å². The zero-order valence-electron chi connectivity index (χ0n) is 17.3. The second kappa shape index (κ2) is 6.19. The smallest absolute Gasteiger partial charge is 0.340 e. The van der Waals surface area contributed by atoms with Gasteiger partial charge in [0.15, 0.2) is 11.5 Å². The molecule has 6 aromatic rings. The van der Waals surface area contributed by atoms with Crippen LogP contribution in [-0.4, -0.2) is 0 Å². The number of hydrogen-bond acceptors (Lipinski definition) is 4. The van der Waals surface area contributed by atoms with E-state index >= 15 is 0 Å². The minimum Gasteiger partial charge on any atom is -0.340 e. The summed E-state index contributed by atoms with van der Waals surface area (Å²) in [6.07, 6.45) is 0. The highest BCUT2D eigenvalue weighted by atomic mass is 32.1. The predicted molar refractivity (Wildman–Crippen MR) is 130 cm³/mol. The average Bonchev–Trinajstić information content (AvgIpc) is 3.45. The summed E-state index contributed by atoms with van der Waals surface area (Å²) in [4.78, 5) is 0. The first-order valence-electron chi connectivity index (χ1n) is 10.8. The van der Waals surface area contributed by atoms with Crippen LogP contribution in [0.25, 0.3) is 41.6 Å². The Kier molecular flexibility index (Phi) is 3.33. The molecule has 33 heavy (non-hydrogen) atoms. The molecule has 6 heteroatoms. The molecule has 0 saturated carbocycles. The van der Waals surface area contributed by atoms with Crippen molar-refractivity contribution >= 4 is 43.1 Å². The first-order chi connectivity index (χ1) is 16.3. The Balaban J connectivity index is 1.58. The van der Waals surface area contributed by atoms with Gasteiger partial charge < -0.3 is 9.47 Å². The lowest BCUT2D eigenvalue weighted by Gasteiger charge is -2.29. The van der Waals surface area contributed by atoms with Crippen LogP contribution >= 0.6 is 22.7 Å². The van der Waals surface area contributed by atoms with Crippen molar-refractivity contribution in [2.45, 2.75) is 6.03 Å². The highest BCUT2D eigenvalue weighted by Crippen LogP contribution is 2.46. The summed E-state index contributed by atoms with van der Waals surface area (Å²) in [7, 11) is 0. The summed E-state index contributed by atoms with van der Waals surface area (Å²) < 4.78 is 20.7. The number of ether oxygens (including phenoxy) is 2. The lowest BCUT2D eigenvalue weighted by atomic mass is 10.1. The third kappa shape index (κ3) is 2.19. The molecule has 0 amide bonds. The van der Waals surface area contributed by atoms with Crippen LogP contribution in [0.2, 0.25) is 0 Å². The van der Waals surface area contributed by atoms with Crippen LogP contribution in [0.4, 0.5) is 0 Å². The lowest BCUT2D eigenvalue weighted by molar-refractivity contribution is -1.04. The highest BCUT2D eigenvalue weighted by Gasteiger charge is 2.69. The van der Waals surface area contributed by atoms with E-state index in [1.54, 1.807) is 22.7 Å². The average molecular weight is 465 g/mol. The van der Waals surface area contributed by atoms with E-state index in [2.05, 4.69) is 81.9 Å². The maximum Gasteiger partial charge on any atom is 0.717 e. The van der Waals surface area contributed by atoms with Crippen molar-refractivity contribution in [2.24, 2.45) is 0 Å². The first kappa shape index (κ1) is 17.8. The van der Waals surface area contributed by atoms with Crippen molar-refractivity contribution in [1.29, 1.82) is 0 Å². The van der Waals surface area contributed by atoms with E-state index < -0.39 is 6.03 Å². The molecule has 0 saturated heterocycles. The number of thiazole rings is 2. The summed E-state index contributed by atoms with van der Waals surface area (Å²) >= 11 is 3.53. The van der Waals surface area contributed by atoms with Crippen LogP contribution in [0.5, 0.6) is 11.5 Å². The van der Waals surface area contributed by atoms with Gasteiger partial charge in [-0.3, -0.25) is 0 Å². The summed E-state index contributed by atoms with van der Waals surface area (Å²) in [5, 5.41) is 2.23. The molecule has 1 spiro atoms. The third-order valence-electron chi connectivity index (χ3n) is 6.32. The van der Waals surface area contributed by atoms with Gasteiger partial charge in [0.1, 0.15) is 20.5 Å². The molecule has 0 unspecified atom stereocenters. The molecule has 0 radical (unpaired) electrons. The van der Waals surface area contributed by atoms with E-state index in [1.165, 1.54) is 9.40 Å². The second-order valence-electron chi connectivity index (χ2n) is 8.17. The molecular weight excluding hydrogens is 448 g/mol. The third-order valence-corrected chi connectivity index (χ3v) is 8.64. The van der Waals surface area contributed by atoms with Gasteiger partial charge in [-0.15, -0.1) is 0 Å². The van der Waals surface area contributed by atoms with Gasteiger partial charge in [0.05, 0.1) is 0 Å². The summed E-state index contributed by atoms with van der Waals surface area (Å²) in [6, 6.07) is 32.2. The summed E-state index contributed by atoms with van der Waals surface area (Å²) in [6.45, 7) is 0. The lowest BCUT2D eigenvalue weighted by Crippen LogP contribution is -2.81. The Morgan fingerprint density at radius 1 is 0.515 bits per heavy atom. The largest absolute Gasteiger partial charge is 0.717 e. The van der Waals surface area contributed by atoms with E-state index in [-0.39, 0.29) is 0 Å². The van der Waals surface area contributed by atoms with Crippen LogP contribution in [0.15, 0.2) is 97.1 Å². The van der Waals surface area contributed by atoms with E-state index in [4.69, 9.17) is 9.47 Å². The number of fused-ring (bicyclic) bond motifs is 12. The topological polar surface area (TPSA) is 26.2 Å². The summed E-state index contributed by atoms with van der Waals surface area (Å²) in [5.41, 5.74) is 4.32. The van der Waals surface area contributed by atoms with Crippen molar-refractivity contribution < 1.29 is 18.6 Å². The van der Waals surface area contributed by atoms with Gasteiger partial charge in [-0.1, -0.05) is 71.2 Å². The van der Waals surface area contributed by atoms with Crippen molar-refractivity contribution in [3.05, 3.63) is 97.1 Å². The van der Waals surface area contributed by atoms with Gasteiger partial charge in [-0.05, 0) is 45.5 Å². The molecule has 0 aliphatic carbocycles. The van der Waals surface area contributed by atoms with Gasteiger partial charge in [-0.2, -0.15) is 0 Å². The van der Waals surface area contributed by atoms with Gasteiger partial charge in [0, 0.05) is 12.1 Å². The zero-order valence-corrected chi connectivity index (χ0v) is 18.9. The maximum atomic E-state index is 6.92. The van der Waals surface area contributed by atoms with Gasteiger partial charge in [0.25, 0.3) is 10.0 Å². The monoisotopic (exact) mass is 464 g/mol. The van der Waals surface area contributed by atoms with E-state index in [0.29, 0.717) is 0 Å². The van der Waals surface area contributed by atoms with Crippen LogP contribution in [0.3, 0.4) is 0 Å². The predicted octanol–water partition coefficient (Wildman–Crippen LogP) is 5.93. The molecule has 156 valence electrons. The number of rotatable bonds is 0. The van der Waals surface area contributed by atoms with Crippen molar-refractivity contribution in [2.75, 3.05) is 0 Å². The molecule has 8 rings (SSSR count). The number of hydrogen-bond donors (Lipinski definition) is 0. The SMILES string of the molecule is c1ccc2c(c1)OC1(Oc3ccccc3-c3sc4ccccc4[n+]31)[n+]1c-2sc2ccccc21. The Hall–Kier alpha value is -3.74. The Morgan fingerprint density at radius 2 is 0.939 bits per heavy atom. The highest BCUT2D eigenvalue weighted by molar-refractivity contribution is 7.21. The molecular formula is C27H16N2O2S2+2. The van der Waals surface area contributed by atoms with Crippen LogP contribution in [-0.2, 0) is 6.03 Å². The second-order valence-corrected chi connectivity index (χ2v) is 10.2. The van der Waals surface area contributed by atoms with E-state index in [0.717, 1.165) is 43.7 Å². The first-order valence-corrected chi connectivity index (χ1v) is 12.4. The fraction of sp³-hybridized carbons (Fsp3) is 0.0370. The maximum absolute atomic E-state index is 6.92. The summed E-state index contributed by atoms with van der Waals surface area (Å²) in [5.74, 6) is 1.63. The fourth-order valence-corrected chi connectivity index (χ4v) is 7.35. The normalized spacial score (nSPS) is 14.8. The van der Waals surface area contributed by atoms with Gasteiger partial charge >= 0.3 is 6.03 Å². The molecule has 0 atom stereocenters. The number of para-hydroxylation sites is 4. The minimum absolute atomic E-state index is 0.817. The molecule has 4 aromatic carbocycles. The number of benzene rings is 4. The Morgan fingerprint density at radius 3 is 1.45 bits per heavy atom. The molecule has 4 nitrogen and oxygen atoms in total. The van der Waals surface area contributed by atoms with E-state index in [1.807, 2.05) is 24.3 Å². The van der Waals surface area contributed by atoms with Crippen LogP contribution in [0, 0.1) is 0 Å². The molecule has 2 aliphatic heterocycles. The fourth-order valence-electron chi connectivity index (χ4n) is 4.94. The van der Waals surface area contributed by atoms with E-state index in [9.17, 15) is 0 Å². The minimum atomic E-state index is -1.22. The standard InChI is InChI=1S/C27H16N2O2S2/c1-5-13-21-17(9-1)25-28(19-11-3-7-15-23(19)32-25)27(30-21)29-20-12-4-8-16-24(20)33-26(29)18-10-2-6-14-22(18)31-27/h1-16H/q+2. The number of aromatic nitrogens is 2. The molecule has 0 bridgehead atoms.